The Kier molecular flexibility index (Phi) is 39.3. The number of carbonyl (C=O) groups is 2. The highest BCUT2D eigenvalue weighted by molar-refractivity contribution is 5.66. The minimum absolute atomic E-state index is 0.337. The molecule has 0 aliphatic carbocycles. The van der Waals surface area contributed by atoms with Gasteiger partial charge in [0.25, 0.3) is 0 Å². The summed E-state index contributed by atoms with van der Waals surface area (Å²) in [6.45, 7) is 3.69. The number of aliphatic carboxylic acids is 2. The number of carboxylic acids is 2. The van der Waals surface area contributed by atoms with Gasteiger partial charge in [0, 0.05) is 12.8 Å². The zero-order chi connectivity index (χ0) is 27.7. The van der Waals surface area contributed by atoms with E-state index >= 15 is 0 Å². The lowest BCUT2D eigenvalue weighted by atomic mass is 10.0. The van der Waals surface area contributed by atoms with Gasteiger partial charge < -0.3 is 25.5 Å². The first-order valence-electron chi connectivity index (χ1n) is 14.7. The highest BCUT2D eigenvalue weighted by atomic mass is 16.4. The smallest absolute Gasteiger partial charge is 0.303 e. The van der Waals surface area contributed by atoms with E-state index in [1.165, 1.54) is 103 Å². The third-order valence-corrected chi connectivity index (χ3v) is 5.91. The average Bonchev–Trinajstić information content (AvgIpc) is 2.86. The first-order chi connectivity index (χ1) is 17.3. The lowest BCUT2D eigenvalue weighted by Gasteiger charge is -2.03. The monoisotopic (exact) mass is 520 g/mol. The molecule has 5 N–H and O–H groups in total. The van der Waals surface area contributed by atoms with Crippen molar-refractivity contribution in [1.29, 1.82) is 0 Å². The first-order valence-corrected chi connectivity index (χ1v) is 14.7. The van der Waals surface area contributed by atoms with Crippen molar-refractivity contribution < 1.29 is 35.1 Å². The van der Waals surface area contributed by atoms with Gasteiger partial charge in [-0.15, -0.1) is 0 Å². The second kappa shape index (κ2) is 36.0. The average molecular weight is 521 g/mol. The fourth-order valence-electron chi connectivity index (χ4n) is 3.59. The Morgan fingerprint density at radius 1 is 0.472 bits per heavy atom. The summed E-state index contributed by atoms with van der Waals surface area (Å²) in [7, 11) is 0. The van der Waals surface area contributed by atoms with E-state index in [-0.39, 0.29) is 13.2 Å². The molecule has 0 unspecified atom stereocenters. The largest absolute Gasteiger partial charge is 0.481 e. The van der Waals surface area contributed by atoms with Gasteiger partial charge >= 0.3 is 11.9 Å². The summed E-state index contributed by atoms with van der Waals surface area (Å²) in [5, 5.41) is 40.8. The van der Waals surface area contributed by atoms with Gasteiger partial charge in [-0.1, -0.05) is 129 Å². The third-order valence-electron chi connectivity index (χ3n) is 5.91. The maximum absolute atomic E-state index is 10.3. The molecular formula is C29H60O7. The fourth-order valence-corrected chi connectivity index (χ4v) is 3.59. The molecule has 218 valence electrons. The van der Waals surface area contributed by atoms with Crippen LogP contribution in [-0.2, 0) is 9.59 Å². The van der Waals surface area contributed by atoms with Gasteiger partial charge in [0.15, 0.2) is 0 Å². The number of unbranched alkanes of at least 4 members (excludes halogenated alkanes) is 18. The van der Waals surface area contributed by atoms with Gasteiger partial charge in [-0.3, -0.25) is 9.59 Å². The number of aliphatic hydroxyl groups is 3. The molecule has 0 heterocycles. The third kappa shape index (κ3) is 46.2. The van der Waals surface area contributed by atoms with Crippen molar-refractivity contribution in [3.8, 4) is 0 Å². The minimum atomic E-state index is -0.954. The van der Waals surface area contributed by atoms with Crippen LogP contribution < -0.4 is 0 Å². The van der Waals surface area contributed by atoms with Gasteiger partial charge in [0.05, 0.1) is 13.2 Å². The van der Waals surface area contributed by atoms with Crippen LogP contribution in [0.3, 0.4) is 0 Å². The molecule has 0 saturated heterocycles. The van der Waals surface area contributed by atoms with Crippen LogP contribution in [0.15, 0.2) is 0 Å². The summed E-state index contributed by atoms with van der Waals surface area (Å²) in [6.07, 6.45) is 25.1. The van der Waals surface area contributed by atoms with Crippen molar-refractivity contribution >= 4 is 11.9 Å². The molecule has 0 aromatic rings. The molecule has 0 bridgehead atoms. The van der Waals surface area contributed by atoms with Crippen LogP contribution in [0.1, 0.15) is 155 Å². The highest BCUT2D eigenvalue weighted by Gasteiger charge is 1.97. The van der Waals surface area contributed by atoms with Gasteiger partial charge in [-0.2, -0.15) is 0 Å². The molecule has 36 heavy (non-hydrogen) atoms. The summed E-state index contributed by atoms with van der Waals surface area (Å²) < 4.78 is 0. The van der Waals surface area contributed by atoms with E-state index in [0.717, 1.165) is 25.7 Å². The van der Waals surface area contributed by atoms with Crippen LogP contribution in [-0.4, -0.2) is 56.8 Å². The molecule has 0 atom stereocenters. The molecule has 0 aromatic heterocycles. The Morgan fingerprint density at radius 3 is 0.861 bits per heavy atom. The van der Waals surface area contributed by atoms with Crippen LogP contribution in [0.4, 0.5) is 0 Å². The van der Waals surface area contributed by atoms with Gasteiger partial charge in [-0.05, 0) is 12.8 Å². The Labute approximate surface area is 221 Å². The molecule has 0 aliphatic heterocycles. The maximum Gasteiger partial charge on any atom is 0.303 e. The van der Waals surface area contributed by atoms with Crippen molar-refractivity contribution in [2.45, 2.75) is 161 Å². The number of hydrogen-bond donors (Lipinski definition) is 5. The summed E-state index contributed by atoms with van der Waals surface area (Å²) in [4.78, 5) is 20.4. The topological polar surface area (TPSA) is 135 Å². The Balaban J connectivity index is -0.000000561. The van der Waals surface area contributed by atoms with Crippen molar-refractivity contribution in [3.63, 3.8) is 0 Å². The quantitative estimate of drug-likeness (QED) is 0.0857. The molecule has 7 nitrogen and oxygen atoms in total. The van der Waals surface area contributed by atoms with E-state index in [2.05, 4.69) is 13.8 Å². The number of hydrogen-bond acceptors (Lipinski definition) is 5. The molecule has 0 aliphatic rings. The van der Waals surface area contributed by atoms with E-state index in [1.807, 2.05) is 0 Å². The molecule has 0 rings (SSSR count). The van der Waals surface area contributed by atoms with E-state index in [9.17, 15) is 9.59 Å². The molecule has 0 aromatic carbocycles. The predicted octanol–water partition coefficient (Wildman–Crippen LogP) is 7.10. The van der Waals surface area contributed by atoms with E-state index < -0.39 is 18.0 Å². The van der Waals surface area contributed by atoms with Gasteiger partial charge in [0.2, 0.25) is 0 Å². The lowest BCUT2D eigenvalue weighted by Crippen LogP contribution is -2.15. The minimum Gasteiger partial charge on any atom is -0.481 e. The molecule has 0 saturated carbocycles. The summed E-state index contributed by atoms with van der Waals surface area (Å²) in [5.74, 6) is -1.32. The first kappa shape index (κ1) is 39.3. The van der Waals surface area contributed by atoms with Crippen LogP contribution in [0.25, 0.3) is 0 Å². The van der Waals surface area contributed by atoms with Gasteiger partial charge in [0.1, 0.15) is 6.10 Å². The SMILES string of the molecule is CCCCCCCC(=O)O.CCCCCCCCCCCCCCCCCC(=O)O.OCC(O)CO. The van der Waals surface area contributed by atoms with Crippen molar-refractivity contribution in [1.82, 2.24) is 0 Å². The number of carboxylic acid groups (broad SMARTS) is 2. The molecule has 0 radical (unpaired) electrons. The highest BCUT2D eigenvalue weighted by Crippen LogP contribution is 2.13. The Bertz CT molecular complexity index is 426. The van der Waals surface area contributed by atoms with E-state index in [0.29, 0.717) is 12.8 Å². The Morgan fingerprint density at radius 2 is 0.694 bits per heavy atom. The van der Waals surface area contributed by atoms with Crippen molar-refractivity contribution in [2.75, 3.05) is 13.2 Å². The summed E-state index contributed by atoms with van der Waals surface area (Å²) >= 11 is 0. The Hall–Kier alpha value is -1.18. The summed E-state index contributed by atoms with van der Waals surface area (Å²) in [6, 6.07) is 0. The maximum atomic E-state index is 10.3. The normalized spacial score (nSPS) is 10.4. The van der Waals surface area contributed by atoms with Crippen LogP contribution >= 0.6 is 0 Å². The van der Waals surface area contributed by atoms with Crippen molar-refractivity contribution in [3.05, 3.63) is 0 Å². The van der Waals surface area contributed by atoms with E-state index in [4.69, 9.17) is 25.5 Å². The fraction of sp³-hybridized carbons (Fsp3) is 0.931. The molecule has 0 fully saturated rings. The van der Waals surface area contributed by atoms with Crippen molar-refractivity contribution in [2.24, 2.45) is 0 Å². The van der Waals surface area contributed by atoms with E-state index in [1.54, 1.807) is 0 Å². The number of aliphatic hydroxyl groups excluding tert-OH is 3. The van der Waals surface area contributed by atoms with Crippen LogP contribution in [0.5, 0.6) is 0 Å². The molecule has 0 amide bonds. The van der Waals surface area contributed by atoms with Gasteiger partial charge in [-0.25, -0.2) is 0 Å². The zero-order valence-corrected chi connectivity index (χ0v) is 23.6. The second-order valence-electron chi connectivity index (χ2n) is 9.67. The lowest BCUT2D eigenvalue weighted by molar-refractivity contribution is -0.138. The van der Waals surface area contributed by atoms with Crippen LogP contribution in [0.2, 0.25) is 0 Å². The zero-order valence-electron chi connectivity index (χ0n) is 23.6. The standard InChI is InChI=1S/C18H36O2.C8H16O2.C3H8O3/c1-2-3-4-5-6-7-8-9-10-11-12-13-14-15-16-17-18(19)20;1-2-3-4-5-6-7-8(9)10;4-1-3(6)2-5/h2-17H2,1H3,(H,19,20);2-7H2,1H3,(H,9,10);3-6H,1-2H2. The molecular weight excluding hydrogens is 460 g/mol. The molecule has 7 heteroatoms. The predicted molar refractivity (Wildman–Crippen MR) is 148 cm³/mol. The molecule has 0 spiro atoms. The summed E-state index contributed by atoms with van der Waals surface area (Å²) in [5.41, 5.74) is 0. The van der Waals surface area contributed by atoms with Crippen LogP contribution in [0, 0.1) is 0 Å². The number of rotatable bonds is 24. The second-order valence-corrected chi connectivity index (χ2v) is 9.67.